The van der Waals surface area contributed by atoms with Gasteiger partial charge in [0.2, 0.25) is 0 Å². The maximum absolute atomic E-state index is 14.2. The fourth-order valence-electron chi connectivity index (χ4n) is 6.05. The molecule has 6 rings (SSSR count). The zero-order valence-corrected chi connectivity index (χ0v) is 30.4. The van der Waals surface area contributed by atoms with E-state index in [1.54, 1.807) is 94.4 Å². The molecule has 2 amide bonds. The molecule has 2 aromatic heterocycles. The molecule has 0 fully saturated rings. The van der Waals surface area contributed by atoms with Crippen molar-refractivity contribution in [3.63, 3.8) is 0 Å². The van der Waals surface area contributed by atoms with Crippen molar-refractivity contribution >= 4 is 38.8 Å². The zero-order valence-electron chi connectivity index (χ0n) is 29.6. The van der Waals surface area contributed by atoms with Crippen molar-refractivity contribution in [1.29, 1.82) is 0 Å². The Morgan fingerprint density at radius 2 is 1.43 bits per heavy atom. The minimum atomic E-state index is -4.21. The van der Waals surface area contributed by atoms with Crippen LogP contribution in [0.2, 0.25) is 0 Å². The third-order valence-corrected chi connectivity index (χ3v) is 10.2. The number of anilines is 1. The van der Waals surface area contributed by atoms with E-state index >= 15 is 0 Å². The summed E-state index contributed by atoms with van der Waals surface area (Å²) in [6.45, 7) is 4.70. The number of nitrogens with one attached hydrogen (secondary N) is 1. The molecule has 53 heavy (non-hydrogen) atoms. The normalized spacial score (nSPS) is 11.4. The molecule has 0 saturated carbocycles. The number of unbranched alkanes of at least 4 members (excludes halogenated alkanes) is 2. The Morgan fingerprint density at radius 3 is 2.11 bits per heavy atom. The van der Waals surface area contributed by atoms with Crippen molar-refractivity contribution in [3.8, 4) is 11.1 Å². The van der Waals surface area contributed by atoms with Gasteiger partial charge in [-0.3, -0.25) is 23.9 Å². The first-order chi connectivity index (χ1) is 25.7. The lowest BCUT2D eigenvalue weighted by Gasteiger charge is -2.22. The summed E-state index contributed by atoms with van der Waals surface area (Å²) in [5, 5.41) is 0. The standard InChI is InChI=1S/C41H40N6O5S/c1-3-5-14-26-46(40(49)32-18-10-7-11-19-32)36-27-42-38-37(43-36)41(50)47(35(44-38)15-4-2)28-29-22-24-30(25-23-29)33-20-12-13-21-34(33)53(51,52)45-39(48)31-16-8-6-9-17-31/h6-13,16-25,27H,3-5,14-15,26,28H2,1-2H3,(H,45,48). The predicted molar refractivity (Wildman–Crippen MR) is 205 cm³/mol. The van der Waals surface area contributed by atoms with E-state index in [4.69, 9.17) is 9.97 Å². The van der Waals surface area contributed by atoms with Gasteiger partial charge < -0.3 is 0 Å². The van der Waals surface area contributed by atoms with Crippen molar-refractivity contribution in [3.05, 3.63) is 148 Å². The van der Waals surface area contributed by atoms with Crippen molar-refractivity contribution < 1.29 is 18.0 Å². The number of rotatable bonds is 14. The smallest absolute Gasteiger partial charge is 0.282 e. The fraction of sp³-hybridized carbons (Fsp3) is 0.220. The molecule has 0 saturated heterocycles. The Morgan fingerprint density at radius 1 is 0.774 bits per heavy atom. The molecule has 0 radical (unpaired) electrons. The molecule has 0 aliphatic rings. The Bertz CT molecular complexity index is 2400. The number of hydrogen-bond acceptors (Lipinski definition) is 8. The first-order valence-electron chi connectivity index (χ1n) is 17.6. The SMILES string of the molecule is CCCCCN(C(=O)c1ccccc1)c1cnc2nc(CCC)n(Cc3ccc(-c4ccccc4S(=O)(=O)NC(=O)c4ccccc4)cc3)c(=O)c2n1. The van der Waals surface area contributed by atoms with Gasteiger partial charge in [-0.2, -0.15) is 0 Å². The van der Waals surface area contributed by atoms with Crippen LogP contribution in [0.5, 0.6) is 0 Å². The highest BCUT2D eigenvalue weighted by Gasteiger charge is 2.24. The number of nitrogens with zero attached hydrogens (tertiary/aromatic N) is 5. The summed E-state index contributed by atoms with van der Waals surface area (Å²) in [6, 6.07) is 30.8. The molecule has 11 nitrogen and oxygen atoms in total. The highest BCUT2D eigenvalue weighted by atomic mass is 32.2. The van der Waals surface area contributed by atoms with Crippen LogP contribution >= 0.6 is 0 Å². The predicted octanol–water partition coefficient (Wildman–Crippen LogP) is 6.81. The van der Waals surface area contributed by atoms with E-state index in [0.717, 1.165) is 31.2 Å². The summed E-state index contributed by atoms with van der Waals surface area (Å²) in [4.78, 5) is 56.0. The number of sulfonamides is 1. The van der Waals surface area contributed by atoms with Crippen molar-refractivity contribution in [2.75, 3.05) is 11.4 Å². The average Bonchev–Trinajstić information content (AvgIpc) is 3.18. The van der Waals surface area contributed by atoms with Gasteiger partial charge in [-0.15, -0.1) is 0 Å². The van der Waals surface area contributed by atoms with Crippen molar-refractivity contribution in [1.82, 2.24) is 24.2 Å². The molecule has 0 aliphatic carbocycles. The van der Waals surface area contributed by atoms with E-state index in [1.807, 2.05) is 25.1 Å². The lowest BCUT2D eigenvalue weighted by Crippen LogP contribution is -2.34. The summed E-state index contributed by atoms with van der Waals surface area (Å²) in [6.07, 6.45) is 5.45. The topological polar surface area (TPSA) is 144 Å². The molecule has 4 aromatic carbocycles. The monoisotopic (exact) mass is 728 g/mol. The minimum absolute atomic E-state index is 0.0407. The van der Waals surface area contributed by atoms with E-state index in [2.05, 4.69) is 16.6 Å². The van der Waals surface area contributed by atoms with Gasteiger partial charge >= 0.3 is 0 Å². The van der Waals surface area contributed by atoms with Gasteiger partial charge in [-0.05, 0) is 54.3 Å². The second-order valence-corrected chi connectivity index (χ2v) is 14.2. The number of hydrogen-bond donors (Lipinski definition) is 1. The molecule has 1 N–H and O–H groups in total. The van der Waals surface area contributed by atoms with Gasteiger partial charge in [0.1, 0.15) is 5.82 Å². The molecule has 6 aromatic rings. The second kappa shape index (κ2) is 16.6. The third kappa shape index (κ3) is 8.39. The Balaban J connectivity index is 1.31. The zero-order chi connectivity index (χ0) is 37.4. The van der Waals surface area contributed by atoms with Crippen LogP contribution in [0.1, 0.15) is 71.6 Å². The number of amides is 2. The lowest BCUT2D eigenvalue weighted by molar-refractivity contribution is 0.0975. The van der Waals surface area contributed by atoms with Gasteiger partial charge in [0.05, 0.1) is 17.6 Å². The molecular formula is C41H40N6O5S. The number of fused-ring (bicyclic) bond motifs is 1. The first-order valence-corrected chi connectivity index (χ1v) is 19.1. The number of carbonyl (C=O) groups excluding carboxylic acids is 2. The average molecular weight is 729 g/mol. The first kappa shape index (κ1) is 36.8. The molecule has 0 bridgehead atoms. The number of aromatic nitrogens is 4. The molecule has 0 unspecified atom stereocenters. The molecule has 0 aliphatic heterocycles. The lowest BCUT2D eigenvalue weighted by atomic mass is 10.0. The van der Waals surface area contributed by atoms with Gasteiger partial charge in [0.25, 0.3) is 27.4 Å². The second-order valence-electron chi connectivity index (χ2n) is 12.6. The van der Waals surface area contributed by atoms with Crippen LogP contribution in [0.3, 0.4) is 0 Å². The number of aryl methyl sites for hydroxylation is 1. The molecule has 12 heteroatoms. The van der Waals surface area contributed by atoms with E-state index in [0.29, 0.717) is 35.5 Å². The summed E-state index contributed by atoms with van der Waals surface area (Å²) in [7, 11) is -4.21. The number of carbonyl (C=O) groups is 2. The highest BCUT2D eigenvalue weighted by molar-refractivity contribution is 7.90. The van der Waals surface area contributed by atoms with Crippen molar-refractivity contribution in [2.45, 2.75) is 57.4 Å². The Kier molecular flexibility index (Phi) is 11.5. The molecular weight excluding hydrogens is 689 g/mol. The van der Waals surface area contributed by atoms with Crippen LogP contribution in [-0.2, 0) is 23.0 Å². The minimum Gasteiger partial charge on any atom is -0.291 e. The third-order valence-electron chi connectivity index (χ3n) is 8.78. The van der Waals surface area contributed by atoms with Gasteiger partial charge in [-0.25, -0.2) is 28.1 Å². The fourth-order valence-corrected chi connectivity index (χ4v) is 7.25. The number of benzene rings is 4. The summed E-state index contributed by atoms with van der Waals surface area (Å²) in [5.41, 5.74) is 2.45. The molecule has 270 valence electrons. The van der Waals surface area contributed by atoms with Crippen molar-refractivity contribution in [2.24, 2.45) is 0 Å². The molecule has 0 spiro atoms. The largest absolute Gasteiger partial charge is 0.291 e. The van der Waals surface area contributed by atoms with E-state index < -0.39 is 15.9 Å². The quantitative estimate of drug-likeness (QED) is 0.121. The summed E-state index contributed by atoms with van der Waals surface area (Å²) >= 11 is 0. The van der Waals surface area contributed by atoms with E-state index in [-0.39, 0.29) is 45.5 Å². The maximum atomic E-state index is 14.2. The Labute approximate surface area is 308 Å². The van der Waals surface area contributed by atoms with Crippen LogP contribution in [-0.4, -0.2) is 46.3 Å². The van der Waals surface area contributed by atoms with Gasteiger partial charge in [0.15, 0.2) is 17.0 Å². The highest BCUT2D eigenvalue weighted by Crippen LogP contribution is 2.28. The van der Waals surface area contributed by atoms with Gasteiger partial charge in [-0.1, -0.05) is 106 Å². The van der Waals surface area contributed by atoms with E-state index in [1.165, 1.54) is 12.3 Å². The van der Waals surface area contributed by atoms with Crippen LogP contribution < -0.4 is 15.2 Å². The maximum Gasteiger partial charge on any atom is 0.282 e. The van der Waals surface area contributed by atoms with Crippen LogP contribution in [0.4, 0.5) is 5.82 Å². The summed E-state index contributed by atoms with van der Waals surface area (Å²) < 4.78 is 30.5. The summed E-state index contributed by atoms with van der Waals surface area (Å²) in [5.74, 6) is -0.105. The Hall–Kier alpha value is -6.01. The van der Waals surface area contributed by atoms with Gasteiger partial charge in [0, 0.05) is 29.7 Å². The molecule has 2 heterocycles. The van der Waals surface area contributed by atoms with Crippen LogP contribution in [0.15, 0.2) is 125 Å². The van der Waals surface area contributed by atoms with Crippen LogP contribution in [0.25, 0.3) is 22.3 Å². The van der Waals surface area contributed by atoms with E-state index in [9.17, 15) is 22.8 Å². The molecule has 0 atom stereocenters. The van der Waals surface area contributed by atoms with Crippen LogP contribution in [0, 0.1) is 0 Å².